The van der Waals surface area contributed by atoms with Crippen LogP contribution in [0.2, 0.25) is 0 Å². The van der Waals surface area contributed by atoms with Gasteiger partial charge in [-0.1, -0.05) is 51.2 Å². The molecule has 1 saturated heterocycles. The molecule has 1 aliphatic heterocycles. The molecule has 1 amide bonds. The van der Waals surface area contributed by atoms with Crippen LogP contribution >= 0.6 is 0 Å². The molecule has 0 bridgehead atoms. The molecule has 1 rings (SSSR count). The number of allylic oxidation sites excluding steroid dienone is 2. The summed E-state index contributed by atoms with van der Waals surface area (Å²) in [6, 6.07) is 0. The van der Waals surface area contributed by atoms with E-state index in [9.17, 15) is 9.59 Å². The van der Waals surface area contributed by atoms with Gasteiger partial charge in [0.15, 0.2) is 6.29 Å². The molecule has 0 aromatic heterocycles. The first-order chi connectivity index (χ1) is 14.2. The molecule has 1 N–H and O–H groups in total. The van der Waals surface area contributed by atoms with E-state index in [0.29, 0.717) is 6.54 Å². The van der Waals surface area contributed by atoms with Crippen molar-refractivity contribution in [2.45, 2.75) is 110 Å². The molecule has 29 heavy (non-hydrogen) atoms. The summed E-state index contributed by atoms with van der Waals surface area (Å²) in [6.45, 7) is 4.01. The number of carbonyl (C=O) groups excluding carboxylic acids is 2. The second kappa shape index (κ2) is 18.8. The van der Waals surface area contributed by atoms with Crippen LogP contribution in [0.25, 0.3) is 0 Å². The average molecular weight is 410 g/mol. The number of hydrogen-bond donors (Lipinski definition) is 1. The van der Waals surface area contributed by atoms with E-state index in [1.807, 2.05) is 0 Å². The van der Waals surface area contributed by atoms with Crippen LogP contribution in [0.15, 0.2) is 12.2 Å². The fourth-order valence-electron chi connectivity index (χ4n) is 3.39. The highest BCUT2D eigenvalue weighted by Gasteiger charge is 2.13. The van der Waals surface area contributed by atoms with Gasteiger partial charge in [0, 0.05) is 26.2 Å². The average Bonchev–Trinajstić information content (AvgIpc) is 2.75. The zero-order valence-corrected chi connectivity index (χ0v) is 18.6. The lowest BCUT2D eigenvalue weighted by Crippen LogP contribution is -2.31. The molecule has 0 aromatic carbocycles. The SMILES string of the molecule is CCC(=O)C(=O)NCCCC/C=C\CCCCCCCCCOC1CCCCO1. The van der Waals surface area contributed by atoms with Crippen LogP contribution in [0.5, 0.6) is 0 Å². The minimum atomic E-state index is -0.439. The molecule has 168 valence electrons. The molecule has 5 nitrogen and oxygen atoms in total. The van der Waals surface area contributed by atoms with Gasteiger partial charge in [0.05, 0.1) is 0 Å². The Kier molecular flexibility index (Phi) is 16.8. The minimum Gasteiger partial charge on any atom is -0.353 e. The molecule has 1 atom stereocenters. The van der Waals surface area contributed by atoms with Crippen molar-refractivity contribution in [3.8, 4) is 0 Å². The Labute approximate surface area is 178 Å². The van der Waals surface area contributed by atoms with Crippen LogP contribution in [0.3, 0.4) is 0 Å². The predicted octanol–water partition coefficient (Wildman–Crippen LogP) is 5.47. The summed E-state index contributed by atoms with van der Waals surface area (Å²) in [6.07, 6.45) is 21.5. The lowest BCUT2D eigenvalue weighted by atomic mass is 10.1. The normalized spacial score (nSPS) is 16.9. The Morgan fingerprint density at radius 3 is 2.24 bits per heavy atom. The molecule has 0 aliphatic carbocycles. The Morgan fingerprint density at radius 1 is 0.931 bits per heavy atom. The third-order valence-electron chi connectivity index (χ3n) is 5.28. The van der Waals surface area contributed by atoms with Crippen LogP contribution in [-0.2, 0) is 19.1 Å². The number of amides is 1. The molecule has 0 radical (unpaired) electrons. The first-order valence-electron chi connectivity index (χ1n) is 11.9. The van der Waals surface area contributed by atoms with E-state index in [1.54, 1.807) is 6.92 Å². The van der Waals surface area contributed by atoms with Crippen LogP contribution < -0.4 is 5.32 Å². The van der Waals surface area contributed by atoms with Crippen molar-refractivity contribution in [2.24, 2.45) is 0 Å². The first-order valence-corrected chi connectivity index (χ1v) is 11.9. The van der Waals surface area contributed by atoms with Crippen molar-refractivity contribution < 1.29 is 19.1 Å². The Hall–Kier alpha value is -1.20. The molecule has 0 spiro atoms. The van der Waals surface area contributed by atoms with Gasteiger partial charge in [-0.15, -0.1) is 0 Å². The van der Waals surface area contributed by atoms with Crippen molar-refractivity contribution in [3.63, 3.8) is 0 Å². The van der Waals surface area contributed by atoms with Gasteiger partial charge in [-0.2, -0.15) is 0 Å². The fraction of sp³-hybridized carbons (Fsp3) is 0.833. The summed E-state index contributed by atoms with van der Waals surface area (Å²) in [5.41, 5.74) is 0. The van der Waals surface area contributed by atoms with Crippen molar-refractivity contribution in [2.75, 3.05) is 19.8 Å². The van der Waals surface area contributed by atoms with E-state index in [2.05, 4.69) is 17.5 Å². The zero-order chi connectivity index (χ0) is 21.0. The molecule has 1 fully saturated rings. The van der Waals surface area contributed by atoms with Gasteiger partial charge in [0.2, 0.25) is 5.78 Å². The van der Waals surface area contributed by atoms with Gasteiger partial charge in [-0.3, -0.25) is 9.59 Å². The maximum Gasteiger partial charge on any atom is 0.287 e. The van der Waals surface area contributed by atoms with Crippen molar-refractivity contribution in [3.05, 3.63) is 12.2 Å². The number of unbranched alkanes of at least 4 members (excludes halogenated alkanes) is 9. The third kappa shape index (κ3) is 15.3. The Morgan fingerprint density at radius 2 is 1.59 bits per heavy atom. The summed E-state index contributed by atoms with van der Waals surface area (Å²) < 4.78 is 11.3. The standard InChI is InChI=1S/C24H43NO4/c1-2-22(26)24(27)25-19-15-12-10-8-6-4-3-5-7-9-11-13-16-20-28-23-18-14-17-21-29-23/h6,8,23H,2-5,7,9-21H2,1H3,(H,25,27)/b8-6-. The maximum atomic E-state index is 11.3. The minimum absolute atomic E-state index is 0.0640. The lowest BCUT2D eigenvalue weighted by Gasteiger charge is -2.22. The van der Waals surface area contributed by atoms with Crippen molar-refractivity contribution in [1.82, 2.24) is 5.32 Å². The quantitative estimate of drug-likeness (QED) is 0.185. The number of nitrogens with one attached hydrogen (secondary N) is 1. The van der Waals surface area contributed by atoms with E-state index >= 15 is 0 Å². The molecular weight excluding hydrogens is 366 g/mol. The number of Topliss-reactive ketones (excluding diaryl/α,β-unsaturated/α-hetero) is 1. The highest BCUT2D eigenvalue weighted by molar-refractivity contribution is 6.36. The van der Waals surface area contributed by atoms with E-state index in [0.717, 1.165) is 51.7 Å². The maximum absolute atomic E-state index is 11.3. The number of rotatable bonds is 18. The number of hydrogen-bond acceptors (Lipinski definition) is 4. The number of carbonyl (C=O) groups is 2. The molecule has 0 aromatic rings. The Balaban J connectivity index is 1.75. The smallest absolute Gasteiger partial charge is 0.287 e. The Bertz CT molecular complexity index is 444. The highest BCUT2D eigenvalue weighted by Crippen LogP contribution is 2.15. The summed E-state index contributed by atoms with van der Waals surface area (Å²) in [7, 11) is 0. The van der Waals surface area contributed by atoms with E-state index < -0.39 is 5.91 Å². The van der Waals surface area contributed by atoms with Crippen LogP contribution in [0.4, 0.5) is 0 Å². The molecule has 5 heteroatoms. The highest BCUT2D eigenvalue weighted by atomic mass is 16.7. The molecule has 1 heterocycles. The van der Waals surface area contributed by atoms with Crippen LogP contribution in [0, 0.1) is 0 Å². The molecule has 1 aliphatic rings. The number of ether oxygens (including phenoxy) is 2. The molecule has 1 unspecified atom stereocenters. The van der Waals surface area contributed by atoms with Crippen LogP contribution in [-0.4, -0.2) is 37.7 Å². The van der Waals surface area contributed by atoms with E-state index in [-0.39, 0.29) is 18.5 Å². The summed E-state index contributed by atoms with van der Waals surface area (Å²) >= 11 is 0. The van der Waals surface area contributed by atoms with Crippen LogP contribution in [0.1, 0.15) is 103 Å². The van der Waals surface area contributed by atoms with Gasteiger partial charge in [0.1, 0.15) is 0 Å². The largest absolute Gasteiger partial charge is 0.353 e. The van der Waals surface area contributed by atoms with Gasteiger partial charge < -0.3 is 14.8 Å². The van der Waals surface area contributed by atoms with Crippen molar-refractivity contribution in [1.29, 1.82) is 0 Å². The topological polar surface area (TPSA) is 64.6 Å². The van der Waals surface area contributed by atoms with Gasteiger partial charge in [0.25, 0.3) is 5.91 Å². The second-order valence-corrected chi connectivity index (χ2v) is 7.93. The zero-order valence-electron chi connectivity index (χ0n) is 18.6. The van der Waals surface area contributed by atoms with Crippen molar-refractivity contribution >= 4 is 11.7 Å². The fourth-order valence-corrected chi connectivity index (χ4v) is 3.39. The number of ketones is 1. The molecular formula is C24H43NO4. The summed E-state index contributed by atoms with van der Waals surface area (Å²) in [5, 5.41) is 2.67. The van der Waals surface area contributed by atoms with Gasteiger partial charge in [-0.25, -0.2) is 0 Å². The molecule has 0 saturated carbocycles. The monoisotopic (exact) mass is 409 g/mol. The lowest BCUT2D eigenvalue weighted by molar-refractivity contribution is -0.162. The first kappa shape index (κ1) is 25.8. The van der Waals surface area contributed by atoms with Gasteiger partial charge in [-0.05, 0) is 57.8 Å². The van der Waals surface area contributed by atoms with E-state index in [4.69, 9.17) is 9.47 Å². The third-order valence-corrected chi connectivity index (χ3v) is 5.28. The predicted molar refractivity (Wildman–Crippen MR) is 118 cm³/mol. The second-order valence-electron chi connectivity index (χ2n) is 7.93. The van der Waals surface area contributed by atoms with Gasteiger partial charge >= 0.3 is 0 Å². The summed E-state index contributed by atoms with van der Waals surface area (Å²) in [5.74, 6) is -0.769. The summed E-state index contributed by atoms with van der Waals surface area (Å²) in [4.78, 5) is 22.4. The van der Waals surface area contributed by atoms with E-state index in [1.165, 1.54) is 51.4 Å².